The summed E-state index contributed by atoms with van der Waals surface area (Å²) in [6, 6.07) is 3.39. The fraction of sp³-hybridized carbons (Fsp3) is 0.421. The molecule has 1 fully saturated rings. The Hall–Kier alpha value is -3.03. The topological polar surface area (TPSA) is 86.9 Å². The van der Waals surface area contributed by atoms with Crippen molar-refractivity contribution in [3.63, 3.8) is 0 Å². The van der Waals surface area contributed by atoms with E-state index in [4.69, 9.17) is 18.7 Å². The van der Waals surface area contributed by atoms with E-state index in [-0.39, 0.29) is 11.9 Å². The van der Waals surface area contributed by atoms with Crippen LogP contribution in [0.3, 0.4) is 0 Å². The van der Waals surface area contributed by atoms with Crippen molar-refractivity contribution in [2.45, 2.75) is 25.8 Å². The van der Waals surface area contributed by atoms with Crippen molar-refractivity contribution in [1.82, 2.24) is 15.0 Å². The van der Waals surface area contributed by atoms with Crippen LogP contribution in [0, 0.1) is 6.92 Å². The first kappa shape index (κ1) is 18.8. The first-order chi connectivity index (χ1) is 13.1. The smallest absolute Gasteiger partial charge is 0.249 e. The van der Waals surface area contributed by atoms with Crippen LogP contribution in [-0.2, 0) is 4.79 Å². The lowest BCUT2D eigenvalue weighted by molar-refractivity contribution is -0.127. The Bertz CT molecular complexity index is 821. The molecule has 0 radical (unpaired) electrons. The van der Waals surface area contributed by atoms with E-state index in [1.165, 1.54) is 6.08 Å². The second-order valence-corrected chi connectivity index (χ2v) is 6.16. The predicted molar refractivity (Wildman–Crippen MR) is 97.9 cm³/mol. The first-order valence-corrected chi connectivity index (χ1v) is 8.66. The molecule has 0 saturated carbocycles. The van der Waals surface area contributed by atoms with Crippen LogP contribution in [0.25, 0.3) is 6.08 Å². The standard InChI is InChI=1S/C19H23N3O5/c1-12-20-19(27-21-12)14-6-5-9-22(14)17(23)8-7-13-10-15(24-2)18(26-4)16(11-13)25-3/h7-8,10-11,14H,5-6,9H2,1-4H3/b8-7+. The van der Waals surface area contributed by atoms with Crippen molar-refractivity contribution in [2.75, 3.05) is 27.9 Å². The molecule has 1 aromatic heterocycles. The van der Waals surface area contributed by atoms with Gasteiger partial charge >= 0.3 is 0 Å². The normalized spacial score (nSPS) is 16.7. The van der Waals surface area contributed by atoms with Gasteiger partial charge < -0.3 is 23.6 Å². The molecule has 3 rings (SSSR count). The number of hydrogen-bond donors (Lipinski definition) is 0. The number of methoxy groups -OCH3 is 3. The van der Waals surface area contributed by atoms with Crippen LogP contribution >= 0.6 is 0 Å². The molecule has 144 valence electrons. The van der Waals surface area contributed by atoms with Crippen LogP contribution in [0.15, 0.2) is 22.7 Å². The van der Waals surface area contributed by atoms with Crippen LogP contribution in [0.4, 0.5) is 0 Å². The van der Waals surface area contributed by atoms with E-state index in [9.17, 15) is 4.79 Å². The molecule has 0 N–H and O–H groups in total. The molecule has 8 nitrogen and oxygen atoms in total. The summed E-state index contributed by atoms with van der Waals surface area (Å²) in [7, 11) is 4.65. The maximum Gasteiger partial charge on any atom is 0.249 e. The lowest BCUT2D eigenvalue weighted by Crippen LogP contribution is -2.29. The number of carbonyl (C=O) groups is 1. The molecule has 8 heteroatoms. The monoisotopic (exact) mass is 373 g/mol. The summed E-state index contributed by atoms with van der Waals surface area (Å²) in [5.74, 6) is 2.52. The van der Waals surface area contributed by atoms with Gasteiger partial charge in [-0.2, -0.15) is 4.98 Å². The van der Waals surface area contributed by atoms with Crippen molar-refractivity contribution in [3.8, 4) is 17.2 Å². The number of nitrogens with zero attached hydrogens (tertiary/aromatic N) is 3. The Labute approximate surface area is 157 Å². The average Bonchev–Trinajstić information content (AvgIpc) is 3.33. The second kappa shape index (κ2) is 8.11. The highest BCUT2D eigenvalue weighted by Gasteiger charge is 2.32. The van der Waals surface area contributed by atoms with E-state index in [1.807, 2.05) is 0 Å². The molecular weight excluding hydrogens is 350 g/mol. The van der Waals surface area contributed by atoms with Gasteiger partial charge in [0.15, 0.2) is 17.3 Å². The number of rotatable bonds is 6. The van der Waals surface area contributed by atoms with Gasteiger partial charge in [0.2, 0.25) is 17.5 Å². The third kappa shape index (κ3) is 3.89. The van der Waals surface area contributed by atoms with E-state index in [0.29, 0.717) is 35.5 Å². The van der Waals surface area contributed by atoms with Crippen molar-refractivity contribution in [3.05, 3.63) is 35.5 Å². The van der Waals surface area contributed by atoms with Gasteiger partial charge in [-0.05, 0) is 43.5 Å². The molecule has 1 atom stereocenters. The maximum atomic E-state index is 12.7. The summed E-state index contributed by atoms with van der Waals surface area (Å²) < 4.78 is 21.2. The van der Waals surface area contributed by atoms with Gasteiger partial charge in [-0.15, -0.1) is 0 Å². The van der Waals surface area contributed by atoms with Crippen LogP contribution < -0.4 is 14.2 Å². The molecule has 1 amide bonds. The van der Waals surface area contributed by atoms with Gasteiger partial charge in [0.25, 0.3) is 0 Å². The van der Waals surface area contributed by atoms with Crippen molar-refractivity contribution < 1.29 is 23.5 Å². The molecule has 0 spiro atoms. The Kier molecular flexibility index (Phi) is 5.63. The van der Waals surface area contributed by atoms with E-state index in [0.717, 1.165) is 18.4 Å². The van der Waals surface area contributed by atoms with Gasteiger partial charge in [0.1, 0.15) is 6.04 Å². The molecule has 0 aliphatic carbocycles. The quantitative estimate of drug-likeness (QED) is 0.720. The van der Waals surface area contributed by atoms with Gasteiger partial charge in [0, 0.05) is 12.6 Å². The third-order valence-corrected chi connectivity index (χ3v) is 4.47. The number of aryl methyl sites for hydroxylation is 1. The van der Waals surface area contributed by atoms with Crippen LogP contribution in [0.1, 0.15) is 36.2 Å². The molecule has 0 bridgehead atoms. The summed E-state index contributed by atoms with van der Waals surface area (Å²) in [6.07, 6.45) is 4.96. The summed E-state index contributed by atoms with van der Waals surface area (Å²) in [6.45, 7) is 2.42. The number of benzene rings is 1. The minimum absolute atomic E-state index is 0.109. The lowest BCUT2D eigenvalue weighted by Gasteiger charge is -2.20. The Morgan fingerprint density at radius 3 is 2.48 bits per heavy atom. The molecule has 1 aromatic carbocycles. The zero-order chi connectivity index (χ0) is 19.4. The molecule has 1 unspecified atom stereocenters. The number of likely N-dealkylation sites (tertiary alicyclic amines) is 1. The molecular formula is C19H23N3O5. The minimum Gasteiger partial charge on any atom is -0.493 e. The Morgan fingerprint density at radius 2 is 1.93 bits per heavy atom. The average molecular weight is 373 g/mol. The van der Waals surface area contributed by atoms with Crippen LogP contribution in [-0.4, -0.2) is 48.8 Å². The summed E-state index contributed by atoms with van der Waals surface area (Å²) in [4.78, 5) is 18.7. The maximum absolute atomic E-state index is 12.7. The Morgan fingerprint density at radius 1 is 1.22 bits per heavy atom. The van der Waals surface area contributed by atoms with E-state index >= 15 is 0 Å². The summed E-state index contributed by atoms with van der Waals surface area (Å²) >= 11 is 0. The van der Waals surface area contributed by atoms with Crippen LogP contribution in [0.2, 0.25) is 0 Å². The zero-order valence-electron chi connectivity index (χ0n) is 15.9. The highest BCUT2D eigenvalue weighted by molar-refractivity contribution is 5.92. The molecule has 27 heavy (non-hydrogen) atoms. The largest absolute Gasteiger partial charge is 0.493 e. The number of carbonyl (C=O) groups excluding carboxylic acids is 1. The summed E-state index contributed by atoms with van der Waals surface area (Å²) in [5.41, 5.74) is 0.766. The lowest BCUT2D eigenvalue weighted by atomic mass is 10.1. The van der Waals surface area contributed by atoms with E-state index in [1.54, 1.807) is 51.4 Å². The van der Waals surface area contributed by atoms with E-state index < -0.39 is 0 Å². The highest BCUT2D eigenvalue weighted by atomic mass is 16.5. The van der Waals surface area contributed by atoms with Gasteiger partial charge in [-0.25, -0.2) is 0 Å². The zero-order valence-corrected chi connectivity index (χ0v) is 15.9. The number of aromatic nitrogens is 2. The van der Waals surface area contributed by atoms with Crippen molar-refractivity contribution >= 4 is 12.0 Å². The Balaban J connectivity index is 1.80. The minimum atomic E-state index is -0.178. The predicted octanol–water partition coefficient (Wildman–Crippen LogP) is 2.78. The SMILES string of the molecule is COc1cc(/C=C/C(=O)N2CCCC2c2nc(C)no2)cc(OC)c1OC. The fourth-order valence-corrected chi connectivity index (χ4v) is 3.20. The highest BCUT2D eigenvalue weighted by Crippen LogP contribution is 2.38. The first-order valence-electron chi connectivity index (χ1n) is 8.66. The van der Waals surface area contributed by atoms with Gasteiger partial charge in [0.05, 0.1) is 21.3 Å². The molecule has 1 saturated heterocycles. The number of ether oxygens (including phenoxy) is 3. The second-order valence-electron chi connectivity index (χ2n) is 6.16. The van der Waals surface area contributed by atoms with Gasteiger partial charge in [-0.3, -0.25) is 4.79 Å². The number of amides is 1. The van der Waals surface area contributed by atoms with Crippen molar-refractivity contribution in [1.29, 1.82) is 0 Å². The fourth-order valence-electron chi connectivity index (χ4n) is 3.20. The third-order valence-electron chi connectivity index (χ3n) is 4.47. The molecule has 2 aromatic rings. The van der Waals surface area contributed by atoms with Crippen molar-refractivity contribution in [2.24, 2.45) is 0 Å². The summed E-state index contributed by atoms with van der Waals surface area (Å²) in [5, 5.41) is 3.82. The van der Waals surface area contributed by atoms with Gasteiger partial charge in [-0.1, -0.05) is 5.16 Å². The molecule has 1 aliphatic heterocycles. The number of hydrogen-bond acceptors (Lipinski definition) is 7. The molecule has 2 heterocycles. The van der Waals surface area contributed by atoms with Crippen LogP contribution in [0.5, 0.6) is 17.2 Å². The molecule has 1 aliphatic rings. The van der Waals surface area contributed by atoms with E-state index in [2.05, 4.69) is 10.1 Å².